The Morgan fingerprint density at radius 2 is 2.00 bits per heavy atom. The van der Waals surface area contributed by atoms with Gasteiger partial charge >= 0.3 is 41.7 Å². The fourth-order valence-corrected chi connectivity index (χ4v) is 3.02. The molecule has 2 rings (SSSR count). The van der Waals surface area contributed by atoms with E-state index in [4.69, 9.17) is 4.74 Å². The van der Waals surface area contributed by atoms with Crippen molar-refractivity contribution in [1.29, 1.82) is 0 Å². The van der Waals surface area contributed by atoms with Gasteiger partial charge in [0, 0.05) is 13.1 Å². The predicted molar refractivity (Wildman–Crippen MR) is 75.8 cm³/mol. The maximum absolute atomic E-state index is 12.1. The average molecular weight is 373 g/mol. The fraction of sp³-hybridized carbons (Fsp3) is 0.833. The van der Waals surface area contributed by atoms with Crippen molar-refractivity contribution in [2.24, 2.45) is 0 Å². The van der Waals surface area contributed by atoms with E-state index in [0.717, 1.165) is 0 Å². The van der Waals surface area contributed by atoms with Gasteiger partial charge < -0.3 is 19.5 Å². The second-order valence-corrected chi connectivity index (χ2v) is 7.48. The first-order valence-corrected chi connectivity index (χ1v) is 8.52. The molecule has 0 aromatic heterocycles. The number of urea groups is 1. The summed E-state index contributed by atoms with van der Waals surface area (Å²) in [5.41, 5.74) is -0.627. The van der Waals surface area contributed by atoms with Crippen molar-refractivity contribution >= 4 is 22.5 Å². The van der Waals surface area contributed by atoms with Crippen LogP contribution in [0.1, 0.15) is 33.6 Å². The van der Waals surface area contributed by atoms with Crippen LogP contribution in [-0.4, -0.2) is 65.8 Å². The molecular weight excluding hydrogens is 353 g/mol. The van der Waals surface area contributed by atoms with Crippen molar-refractivity contribution in [3.8, 4) is 0 Å². The van der Waals surface area contributed by atoms with Gasteiger partial charge in [-0.2, -0.15) is 9.35 Å². The van der Waals surface area contributed by atoms with Crippen LogP contribution in [0, 0.1) is 0 Å². The number of alkyl carbamates (subject to hydrolysis) is 1. The maximum atomic E-state index is 12.1. The van der Waals surface area contributed by atoms with Gasteiger partial charge in [0.05, 0.1) is 12.1 Å². The number of hydrogen-bond acceptors (Lipinski definition) is 7. The van der Waals surface area contributed by atoms with E-state index in [-0.39, 0.29) is 48.7 Å². The molecule has 2 heterocycles. The van der Waals surface area contributed by atoms with Gasteiger partial charge in [0.2, 0.25) is 10.4 Å². The fourth-order valence-electron chi connectivity index (χ4n) is 2.64. The normalized spacial score (nSPS) is 23.8. The minimum absolute atomic E-state index is 0. The molecule has 2 aliphatic heterocycles. The molecule has 0 spiro atoms. The Labute approximate surface area is 163 Å². The van der Waals surface area contributed by atoms with Gasteiger partial charge in [-0.05, 0) is 33.6 Å². The van der Waals surface area contributed by atoms with Crippen molar-refractivity contribution in [3.63, 3.8) is 0 Å². The first-order chi connectivity index (χ1) is 10.5. The number of fused-ring (bicyclic) bond motifs is 2. The third-order valence-electron chi connectivity index (χ3n) is 3.50. The van der Waals surface area contributed by atoms with Crippen molar-refractivity contribution in [1.82, 2.24) is 15.3 Å². The van der Waals surface area contributed by atoms with Gasteiger partial charge in [-0.15, -0.1) is 0 Å². The zero-order valence-electron chi connectivity index (χ0n) is 14.1. The molecule has 0 aromatic carbocycles. The smallest absolute Gasteiger partial charge is 0.724 e. The number of piperidine rings is 1. The topological polar surface area (TPSA) is 128 Å². The van der Waals surface area contributed by atoms with Crippen LogP contribution in [0.4, 0.5) is 9.59 Å². The molecule has 0 aromatic rings. The van der Waals surface area contributed by atoms with Crippen molar-refractivity contribution in [3.05, 3.63) is 0 Å². The molecular formula is C12H20N3NaO7S. The largest absolute Gasteiger partial charge is 1.00 e. The number of rotatable bonds is 4. The molecule has 2 atom stereocenters. The summed E-state index contributed by atoms with van der Waals surface area (Å²) in [6.07, 6.45) is 0.421. The van der Waals surface area contributed by atoms with Crippen LogP contribution in [0.2, 0.25) is 0 Å². The Balaban J connectivity index is 0.00000288. The van der Waals surface area contributed by atoms with Crippen LogP contribution in [0.3, 0.4) is 0 Å². The predicted octanol–water partition coefficient (Wildman–Crippen LogP) is -2.82. The Kier molecular flexibility index (Phi) is 6.93. The van der Waals surface area contributed by atoms with E-state index in [0.29, 0.717) is 17.9 Å². The number of carbonyl (C=O) groups is 2. The van der Waals surface area contributed by atoms with Crippen LogP contribution in [0.5, 0.6) is 0 Å². The molecule has 2 aliphatic rings. The van der Waals surface area contributed by atoms with Gasteiger partial charge in [-0.25, -0.2) is 18.0 Å². The van der Waals surface area contributed by atoms with Crippen LogP contribution in [0.15, 0.2) is 0 Å². The van der Waals surface area contributed by atoms with E-state index in [9.17, 15) is 22.6 Å². The van der Waals surface area contributed by atoms with Gasteiger partial charge in [-0.1, -0.05) is 0 Å². The first kappa shape index (κ1) is 21.5. The SMILES string of the molecule is CC(C)(C)OC(=O)NC[C@@H]1CC[C@@H]2CN1C(=O)N2OS(=O)(=O)[O-].[Na+]. The zero-order chi connectivity index (χ0) is 17.4. The van der Waals surface area contributed by atoms with E-state index in [2.05, 4.69) is 9.60 Å². The molecule has 24 heavy (non-hydrogen) atoms. The summed E-state index contributed by atoms with van der Waals surface area (Å²) in [4.78, 5) is 25.2. The second-order valence-electron chi connectivity index (χ2n) is 6.51. The van der Waals surface area contributed by atoms with Crippen LogP contribution < -0.4 is 34.9 Å². The number of nitrogens with one attached hydrogen (secondary N) is 1. The van der Waals surface area contributed by atoms with Crippen LogP contribution in [-0.2, 0) is 19.4 Å². The number of hydroxylamine groups is 2. The molecule has 0 unspecified atom stereocenters. The molecule has 132 valence electrons. The van der Waals surface area contributed by atoms with Gasteiger partial charge in [0.25, 0.3) is 0 Å². The standard InChI is InChI=1S/C12H21N3O7S.Na/c1-12(2,3)21-10(16)13-6-8-4-5-9-7-14(8)11(17)15(9)22-23(18,19)20;/h8-9H,4-7H2,1-3H3,(H,13,16)(H,18,19,20);/q;+1/p-1/t8-,9+;/m0./s1. The molecule has 2 bridgehead atoms. The van der Waals surface area contributed by atoms with Gasteiger partial charge in [-0.3, -0.25) is 0 Å². The van der Waals surface area contributed by atoms with Crippen LogP contribution >= 0.6 is 0 Å². The molecule has 1 N–H and O–H groups in total. The molecule has 3 amide bonds. The van der Waals surface area contributed by atoms with Crippen molar-refractivity contribution in [2.45, 2.75) is 51.3 Å². The van der Waals surface area contributed by atoms with Gasteiger partial charge in [0.1, 0.15) is 5.60 Å². The Morgan fingerprint density at radius 3 is 2.54 bits per heavy atom. The number of ether oxygens (including phenoxy) is 1. The number of hydrogen-bond donors (Lipinski definition) is 1. The summed E-state index contributed by atoms with van der Waals surface area (Å²) >= 11 is 0. The number of carbonyl (C=O) groups excluding carboxylic acids is 2. The second kappa shape index (κ2) is 7.75. The Bertz CT molecular complexity index is 592. The molecule has 2 saturated heterocycles. The Hall–Kier alpha value is -0.590. The summed E-state index contributed by atoms with van der Waals surface area (Å²) in [6, 6.07) is -1.49. The summed E-state index contributed by atoms with van der Waals surface area (Å²) in [5, 5.41) is 3.19. The minimum atomic E-state index is -5.00. The Morgan fingerprint density at radius 1 is 1.38 bits per heavy atom. The minimum Gasteiger partial charge on any atom is -0.724 e. The molecule has 2 fully saturated rings. The molecule has 12 heteroatoms. The summed E-state index contributed by atoms with van der Waals surface area (Å²) in [5.74, 6) is 0. The van der Waals surface area contributed by atoms with Crippen molar-refractivity contribution in [2.75, 3.05) is 13.1 Å². The average Bonchev–Trinajstić information content (AvgIpc) is 2.60. The number of amides is 3. The van der Waals surface area contributed by atoms with Gasteiger partial charge in [0.15, 0.2) is 0 Å². The molecule has 0 radical (unpaired) electrons. The molecule has 10 nitrogen and oxygen atoms in total. The van der Waals surface area contributed by atoms with E-state index < -0.39 is 34.2 Å². The van der Waals surface area contributed by atoms with E-state index in [1.54, 1.807) is 20.8 Å². The van der Waals surface area contributed by atoms with E-state index in [1.807, 2.05) is 0 Å². The molecule has 0 aliphatic carbocycles. The summed E-state index contributed by atoms with van der Waals surface area (Å²) in [7, 11) is -5.00. The maximum Gasteiger partial charge on any atom is 1.00 e. The van der Waals surface area contributed by atoms with Crippen molar-refractivity contribution < 1.29 is 61.1 Å². The number of nitrogens with zero attached hydrogens (tertiary/aromatic N) is 2. The van der Waals surface area contributed by atoms with Crippen LogP contribution in [0.25, 0.3) is 0 Å². The molecule has 0 saturated carbocycles. The summed E-state index contributed by atoms with van der Waals surface area (Å²) < 4.78 is 41.4. The monoisotopic (exact) mass is 373 g/mol. The van der Waals surface area contributed by atoms with E-state index in [1.165, 1.54) is 4.90 Å². The first-order valence-electron chi connectivity index (χ1n) is 7.18. The quantitative estimate of drug-likeness (QED) is 0.320. The van der Waals surface area contributed by atoms with E-state index >= 15 is 0 Å². The zero-order valence-corrected chi connectivity index (χ0v) is 17.0. The third-order valence-corrected chi connectivity index (χ3v) is 3.84. The summed E-state index contributed by atoms with van der Waals surface area (Å²) in [6.45, 7) is 5.63. The third kappa shape index (κ3) is 5.74.